The third kappa shape index (κ3) is 3.34. The normalized spacial score (nSPS) is 32.5. The Kier molecular flexibility index (Phi) is 4.61. The quantitative estimate of drug-likeness (QED) is 0.781. The third-order valence-corrected chi connectivity index (χ3v) is 5.28. The number of carbonyl (C=O) groups excluding carboxylic acids is 1. The number of rotatable bonds is 5. The molecule has 0 aromatic rings. The Bertz CT molecular complexity index is 341. The molecule has 1 heterocycles. The van der Waals surface area contributed by atoms with E-state index in [0.29, 0.717) is 12.1 Å². The van der Waals surface area contributed by atoms with E-state index in [2.05, 4.69) is 10.2 Å². The zero-order valence-electron chi connectivity index (χ0n) is 12.6. The van der Waals surface area contributed by atoms with Crippen molar-refractivity contribution in [3.63, 3.8) is 0 Å². The van der Waals surface area contributed by atoms with Crippen molar-refractivity contribution in [2.75, 3.05) is 20.2 Å². The molecule has 1 unspecified atom stereocenters. The zero-order chi connectivity index (χ0) is 13.9. The van der Waals surface area contributed by atoms with Crippen LogP contribution in [-0.2, 0) is 9.53 Å². The van der Waals surface area contributed by atoms with Crippen LogP contribution in [0.25, 0.3) is 0 Å². The highest BCUT2D eigenvalue weighted by Crippen LogP contribution is 2.35. The minimum atomic E-state index is -0.131. The number of hydrogen-bond donors (Lipinski definition) is 1. The maximum atomic E-state index is 12.0. The molecule has 1 saturated heterocycles. The van der Waals surface area contributed by atoms with E-state index in [9.17, 15) is 4.79 Å². The molecule has 0 amide bonds. The van der Waals surface area contributed by atoms with Gasteiger partial charge in [0.2, 0.25) is 0 Å². The second-order valence-electron chi connectivity index (χ2n) is 6.77. The van der Waals surface area contributed by atoms with Crippen molar-refractivity contribution >= 4 is 5.97 Å². The van der Waals surface area contributed by atoms with Gasteiger partial charge in [0.25, 0.3) is 0 Å². The van der Waals surface area contributed by atoms with Crippen LogP contribution in [0.5, 0.6) is 0 Å². The SMILES string of the molecule is COC(=O)C(CN1CCC[C@H]2CCCC[C@H]21)NC1CC1. The molecule has 3 rings (SSSR count). The molecule has 4 nitrogen and oxygen atoms in total. The van der Waals surface area contributed by atoms with Crippen LogP contribution in [-0.4, -0.2) is 49.2 Å². The Hall–Kier alpha value is -0.610. The first-order chi connectivity index (χ1) is 9.78. The molecule has 2 saturated carbocycles. The highest BCUT2D eigenvalue weighted by molar-refractivity contribution is 5.76. The van der Waals surface area contributed by atoms with E-state index in [1.807, 2.05) is 0 Å². The Labute approximate surface area is 122 Å². The predicted octanol–water partition coefficient (Wildman–Crippen LogP) is 1.93. The lowest BCUT2D eigenvalue weighted by atomic mass is 9.78. The molecule has 2 aliphatic carbocycles. The summed E-state index contributed by atoms with van der Waals surface area (Å²) in [5, 5.41) is 3.47. The summed E-state index contributed by atoms with van der Waals surface area (Å²) in [6.07, 6.45) is 10.6. The molecule has 0 aromatic heterocycles. The third-order valence-electron chi connectivity index (χ3n) is 5.28. The van der Waals surface area contributed by atoms with Crippen molar-refractivity contribution in [3.05, 3.63) is 0 Å². The van der Waals surface area contributed by atoms with E-state index in [1.54, 1.807) is 0 Å². The van der Waals surface area contributed by atoms with Crippen molar-refractivity contribution in [1.82, 2.24) is 10.2 Å². The van der Waals surface area contributed by atoms with E-state index in [0.717, 1.165) is 19.0 Å². The second-order valence-corrected chi connectivity index (χ2v) is 6.77. The predicted molar refractivity (Wildman–Crippen MR) is 78.5 cm³/mol. The van der Waals surface area contributed by atoms with Gasteiger partial charge in [-0.1, -0.05) is 12.8 Å². The summed E-state index contributed by atoms with van der Waals surface area (Å²) in [6, 6.07) is 1.13. The summed E-state index contributed by atoms with van der Waals surface area (Å²) in [7, 11) is 1.50. The van der Waals surface area contributed by atoms with Gasteiger partial charge in [-0.15, -0.1) is 0 Å². The van der Waals surface area contributed by atoms with Gasteiger partial charge in [0.05, 0.1) is 7.11 Å². The van der Waals surface area contributed by atoms with Crippen LogP contribution in [0.3, 0.4) is 0 Å². The van der Waals surface area contributed by atoms with Gasteiger partial charge < -0.3 is 10.1 Å². The summed E-state index contributed by atoms with van der Waals surface area (Å²) < 4.78 is 4.99. The number of esters is 1. The number of nitrogens with zero attached hydrogens (tertiary/aromatic N) is 1. The number of likely N-dealkylation sites (tertiary alicyclic amines) is 1. The van der Waals surface area contributed by atoms with Crippen LogP contribution in [0.2, 0.25) is 0 Å². The molecular formula is C16H28N2O2. The summed E-state index contributed by atoms with van der Waals surface area (Å²) in [5.74, 6) is 0.784. The highest BCUT2D eigenvalue weighted by Gasteiger charge is 2.37. The van der Waals surface area contributed by atoms with E-state index in [-0.39, 0.29) is 12.0 Å². The average molecular weight is 280 g/mol. The van der Waals surface area contributed by atoms with Gasteiger partial charge in [-0.2, -0.15) is 0 Å². The highest BCUT2D eigenvalue weighted by atomic mass is 16.5. The fraction of sp³-hybridized carbons (Fsp3) is 0.938. The lowest BCUT2D eigenvalue weighted by Gasteiger charge is -2.45. The van der Waals surface area contributed by atoms with Crippen molar-refractivity contribution in [2.45, 2.75) is 69.5 Å². The molecule has 3 aliphatic rings. The minimum Gasteiger partial charge on any atom is -0.468 e. The first kappa shape index (κ1) is 14.3. The Morgan fingerprint density at radius 2 is 1.95 bits per heavy atom. The minimum absolute atomic E-state index is 0.0881. The number of nitrogens with one attached hydrogen (secondary N) is 1. The maximum absolute atomic E-state index is 12.0. The van der Waals surface area contributed by atoms with Crippen LogP contribution in [0.1, 0.15) is 51.4 Å². The molecule has 20 heavy (non-hydrogen) atoms. The largest absolute Gasteiger partial charge is 0.468 e. The van der Waals surface area contributed by atoms with E-state index < -0.39 is 0 Å². The molecule has 1 aliphatic heterocycles. The smallest absolute Gasteiger partial charge is 0.324 e. The first-order valence-corrected chi connectivity index (χ1v) is 8.36. The van der Waals surface area contributed by atoms with Crippen molar-refractivity contribution in [2.24, 2.45) is 5.92 Å². The molecule has 4 heteroatoms. The van der Waals surface area contributed by atoms with Crippen LogP contribution in [0, 0.1) is 5.92 Å². The lowest BCUT2D eigenvalue weighted by molar-refractivity contribution is -0.144. The molecule has 0 aromatic carbocycles. The number of methoxy groups -OCH3 is 1. The molecule has 0 bridgehead atoms. The molecule has 3 fully saturated rings. The fourth-order valence-electron chi connectivity index (χ4n) is 4.06. The number of carbonyl (C=O) groups is 1. The van der Waals surface area contributed by atoms with Gasteiger partial charge in [0.1, 0.15) is 6.04 Å². The van der Waals surface area contributed by atoms with E-state index >= 15 is 0 Å². The van der Waals surface area contributed by atoms with Crippen molar-refractivity contribution in [1.29, 1.82) is 0 Å². The first-order valence-electron chi connectivity index (χ1n) is 8.36. The van der Waals surface area contributed by atoms with Crippen molar-refractivity contribution in [3.8, 4) is 0 Å². The second kappa shape index (κ2) is 6.44. The summed E-state index contributed by atoms with van der Waals surface area (Å²) in [6.45, 7) is 1.99. The van der Waals surface area contributed by atoms with Crippen LogP contribution in [0.4, 0.5) is 0 Å². The molecule has 114 valence electrons. The Morgan fingerprint density at radius 1 is 1.20 bits per heavy atom. The van der Waals surface area contributed by atoms with Gasteiger partial charge >= 0.3 is 5.97 Å². The molecular weight excluding hydrogens is 252 g/mol. The number of hydrogen-bond acceptors (Lipinski definition) is 4. The zero-order valence-corrected chi connectivity index (χ0v) is 12.6. The monoisotopic (exact) mass is 280 g/mol. The number of fused-ring (bicyclic) bond motifs is 1. The average Bonchev–Trinajstić information content (AvgIpc) is 3.30. The summed E-state index contributed by atoms with van der Waals surface area (Å²) >= 11 is 0. The summed E-state index contributed by atoms with van der Waals surface area (Å²) in [5.41, 5.74) is 0. The van der Waals surface area contributed by atoms with E-state index in [1.165, 1.54) is 58.5 Å². The maximum Gasteiger partial charge on any atom is 0.324 e. The van der Waals surface area contributed by atoms with Gasteiger partial charge in [0, 0.05) is 18.6 Å². The molecule has 3 atom stereocenters. The molecule has 1 N–H and O–H groups in total. The van der Waals surface area contributed by atoms with Crippen LogP contribution >= 0.6 is 0 Å². The molecule has 0 radical (unpaired) electrons. The van der Waals surface area contributed by atoms with Crippen molar-refractivity contribution < 1.29 is 9.53 Å². The number of piperidine rings is 1. The van der Waals surface area contributed by atoms with Gasteiger partial charge in [-0.25, -0.2) is 0 Å². The molecule has 0 spiro atoms. The van der Waals surface area contributed by atoms with Gasteiger partial charge in [-0.05, 0) is 51.0 Å². The van der Waals surface area contributed by atoms with Gasteiger partial charge in [-0.3, -0.25) is 9.69 Å². The summed E-state index contributed by atoms with van der Waals surface area (Å²) in [4.78, 5) is 14.6. The standard InChI is InChI=1S/C16H28N2O2/c1-20-16(19)14(17-13-8-9-13)11-18-10-4-6-12-5-2-3-7-15(12)18/h12-15,17H,2-11H2,1H3/t12-,14?,15-/m1/s1. The Morgan fingerprint density at radius 3 is 2.70 bits per heavy atom. The number of ether oxygens (including phenoxy) is 1. The van der Waals surface area contributed by atoms with Gasteiger partial charge in [0.15, 0.2) is 0 Å². The van der Waals surface area contributed by atoms with Crippen LogP contribution in [0.15, 0.2) is 0 Å². The van der Waals surface area contributed by atoms with Crippen LogP contribution < -0.4 is 5.32 Å². The Balaban J connectivity index is 1.61. The fourth-order valence-corrected chi connectivity index (χ4v) is 4.06. The van der Waals surface area contributed by atoms with E-state index in [4.69, 9.17) is 4.74 Å². The lowest BCUT2D eigenvalue weighted by Crippen LogP contribution is -2.54. The topological polar surface area (TPSA) is 41.6 Å².